The van der Waals surface area contributed by atoms with E-state index in [1.165, 1.54) is 12.0 Å². The first kappa shape index (κ1) is 15.5. The Morgan fingerprint density at radius 1 is 1.13 bits per heavy atom. The van der Waals surface area contributed by atoms with Gasteiger partial charge in [-0.05, 0) is 56.9 Å². The topological polar surface area (TPSA) is 45.2 Å². The van der Waals surface area contributed by atoms with Crippen molar-refractivity contribution in [2.75, 3.05) is 23.3 Å². The second-order valence-corrected chi connectivity index (χ2v) is 6.19. The highest BCUT2D eigenvalue weighted by molar-refractivity contribution is 6.07. The first-order chi connectivity index (χ1) is 11.1. The van der Waals surface area contributed by atoms with Crippen molar-refractivity contribution in [3.8, 4) is 0 Å². The molecule has 1 amide bonds. The van der Waals surface area contributed by atoms with Crippen LogP contribution in [0.25, 0.3) is 0 Å². The van der Waals surface area contributed by atoms with Gasteiger partial charge in [0.2, 0.25) is 0 Å². The molecule has 2 heterocycles. The van der Waals surface area contributed by atoms with Gasteiger partial charge in [-0.2, -0.15) is 0 Å². The van der Waals surface area contributed by atoms with Crippen molar-refractivity contribution in [1.29, 1.82) is 0 Å². The number of nitrogens with one attached hydrogen (secondary N) is 1. The van der Waals surface area contributed by atoms with Crippen molar-refractivity contribution in [1.82, 2.24) is 4.98 Å². The SMILES string of the molecule is Cc1ccc(NC(=O)c2cccnc2N2CCCCC2)c(C)c1. The smallest absolute Gasteiger partial charge is 0.259 e. The number of nitrogens with zero attached hydrogens (tertiary/aromatic N) is 2. The number of anilines is 2. The standard InChI is InChI=1S/C19H23N3O/c1-14-8-9-17(15(2)13-14)21-19(23)16-7-6-10-20-18(16)22-11-4-3-5-12-22/h6-10,13H,3-5,11-12H2,1-2H3,(H,21,23). The van der Waals surface area contributed by atoms with E-state index in [1.54, 1.807) is 6.20 Å². The summed E-state index contributed by atoms with van der Waals surface area (Å²) in [5.41, 5.74) is 3.76. The zero-order valence-corrected chi connectivity index (χ0v) is 13.8. The van der Waals surface area contributed by atoms with E-state index in [0.29, 0.717) is 5.56 Å². The molecule has 0 bridgehead atoms. The Hall–Kier alpha value is -2.36. The molecule has 120 valence electrons. The molecule has 1 aliphatic heterocycles. The molecular weight excluding hydrogens is 286 g/mol. The Labute approximate surface area is 137 Å². The fourth-order valence-corrected chi connectivity index (χ4v) is 3.08. The van der Waals surface area contributed by atoms with Crippen LogP contribution in [0.15, 0.2) is 36.5 Å². The molecule has 1 fully saturated rings. The van der Waals surface area contributed by atoms with Crippen LogP contribution in [0.4, 0.5) is 11.5 Å². The van der Waals surface area contributed by atoms with Gasteiger partial charge in [0.05, 0.1) is 5.56 Å². The lowest BCUT2D eigenvalue weighted by Gasteiger charge is -2.29. The van der Waals surface area contributed by atoms with Gasteiger partial charge in [0.1, 0.15) is 5.82 Å². The first-order valence-corrected chi connectivity index (χ1v) is 8.24. The summed E-state index contributed by atoms with van der Waals surface area (Å²) in [6.45, 7) is 6.01. The van der Waals surface area contributed by atoms with Gasteiger partial charge in [-0.3, -0.25) is 4.79 Å². The van der Waals surface area contributed by atoms with Crippen LogP contribution in [0.1, 0.15) is 40.7 Å². The van der Waals surface area contributed by atoms with Crippen molar-refractivity contribution < 1.29 is 4.79 Å². The summed E-state index contributed by atoms with van der Waals surface area (Å²) in [5, 5.41) is 3.03. The molecule has 0 radical (unpaired) electrons. The summed E-state index contributed by atoms with van der Waals surface area (Å²) in [7, 11) is 0. The van der Waals surface area contributed by atoms with Crippen LogP contribution in [0.3, 0.4) is 0 Å². The lowest BCUT2D eigenvalue weighted by atomic mass is 10.1. The van der Waals surface area contributed by atoms with Crippen LogP contribution >= 0.6 is 0 Å². The largest absolute Gasteiger partial charge is 0.356 e. The predicted molar refractivity (Wildman–Crippen MR) is 94.2 cm³/mol. The zero-order valence-electron chi connectivity index (χ0n) is 13.8. The average Bonchev–Trinajstić information content (AvgIpc) is 2.58. The Morgan fingerprint density at radius 3 is 2.65 bits per heavy atom. The third kappa shape index (κ3) is 3.52. The first-order valence-electron chi connectivity index (χ1n) is 8.24. The maximum Gasteiger partial charge on any atom is 0.259 e. The molecule has 0 spiro atoms. The van der Waals surface area contributed by atoms with Crippen LogP contribution in [0.5, 0.6) is 0 Å². The second kappa shape index (κ2) is 6.82. The number of rotatable bonds is 3. The molecule has 1 aromatic heterocycles. The second-order valence-electron chi connectivity index (χ2n) is 6.19. The number of benzene rings is 1. The van der Waals surface area contributed by atoms with Crippen LogP contribution in [-0.4, -0.2) is 24.0 Å². The Morgan fingerprint density at radius 2 is 1.91 bits per heavy atom. The molecule has 0 saturated carbocycles. The van der Waals surface area contributed by atoms with Crippen LogP contribution in [0.2, 0.25) is 0 Å². The highest BCUT2D eigenvalue weighted by Gasteiger charge is 2.19. The van der Waals surface area contributed by atoms with Gasteiger partial charge in [-0.25, -0.2) is 4.98 Å². The van der Waals surface area contributed by atoms with Crippen molar-refractivity contribution in [3.63, 3.8) is 0 Å². The van der Waals surface area contributed by atoms with Crippen molar-refractivity contribution in [2.45, 2.75) is 33.1 Å². The van der Waals surface area contributed by atoms with Gasteiger partial charge in [-0.15, -0.1) is 0 Å². The molecule has 1 aromatic carbocycles. The highest BCUT2D eigenvalue weighted by Crippen LogP contribution is 2.23. The van der Waals surface area contributed by atoms with Crippen LogP contribution in [0, 0.1) is 13.8 Å². The average molecular weight is 309 g/mol. The minimum Gasteiger partial charge on any atom is -0.356 e. The molecule has 0 unspecified atom stereocenters. The third-order valence-electron chi connectivity index (χ3n) is 4.32. The predicted octanol–water partition coefficient (Wildman–Crippen LogP) is 3.94. The van der Waals surface area contributed by atoms with E-state index in [4.69, 9.17) is 0 Å². The van der Waals surface area contributed by atoms with E-state index in [-0.39, 0.29) is 5.91 Å². The Bertz CT molecular complexity index is 706. The summed E-state index contributed by atoms with van der Waals surface area (Å²) in [6, 6.07) is 9.72. The minimum atomic E-state index is -0.0920. The van der Waals surface area contributed by atoms with Gasteiger partial charge in [0.25, 0.3) is 5.91 Å². The molecular formula is C19H23N3O. The number of pyridine rings is 1. The fraction of sp³-hybridized carbons (Fsp3) is 0.368. The Balaban J connectivity index is 1.84. The normalized spacial score (nSPS) is 14.6. The number of hydrogen-bond acceptors (Lipinski definition) is 3. The highest BCUT2D eigenvalue weighted by atomic mass is 16.1. The van der Waals surface area contributed by atoms with E-state index < -0.39 is 0 Å². The summed E-state index contributed by atoms with van der Waals surface area (Å²) in [5.74, 6) is 0.708. The maximum absolute atomic E-state index is 12.7. The van der Waals surface area contributed by atoms with E-state index in [2.05, 4.69) is 21.3 Å². The maximum atomic E-state index is 12.7. The zero-order chi connectivity index (χ0) is 16.2. The molecule has 4 heteroatoms. The number of carbonyl (C=O) groups is 1. The van der Waals surface area contributed by atoms with Crippen LogP contribution < -0.4 is 10.2 Å². The lowest BCUT2D eigenvalue weighted by Crippen LogP contribution is -2.32. The molecule has 3 rings (SSSR count). The molecule has 0 atom stereocenters. The van der Waals surface area contributed by atoms with Crippen molar-refractivity contribution in [2.24, 2.45) is 0 Å². The van der Waals surface area contributed by atoms with Gasteiger partial charge in [0, 0.05) is 25.0 Å². The Kier molecular flexibility index (Phi) is 4.60. The quantitative estimate of drug-likeness (QED) is 0.934. The van der Waals surface area contributed by atoms with Crippen molar-refractivity contribution in [3.05, 3.63) is 53.2 Å². The molecule has 2 aromatic rings. The van der Waals surface area contributed by atoms with Gasteiger partial charge in [-0.1, -0.05) is 17.7 Å². The number of hydrogen-bond donors (Lipinski definition) is 1. The molecule has 23 heavy (non-hydrogen) atoms. The molecule has 1 N–H and O–H groups in total. The monoisotopic (exact) mass is 309 g/mol. The van der Waals surface area contributed by atoms with E-state index >= 15 is 0 Å². The minimum absolute atomic E-state index is 0.0920. The molecule has 1 aliphatic rings. The fourth-order valence-electron chi connectivity index (χ4n) is 3.08. The van der Waals surface area contributed by atoms with E-state index in [0.717, 1.165) is 43.0 Å². The summed E-state index contributed by atoms with van der Waals surface area (Å²) >= 11 is 0. The van der Waals surface area contributed by atoms with Crippen molar-refractivity contribution >= 4 is 17.4 Å². The number of aromatic nitrogens is 1. The molecule has 4 nitrogen and oxygen atoms in total. The summed E-state index contributed by atoms with van der Waals surface area (Å²) in [6.07, 6.45) is 5.34. The van der Waals surface area contributed by atoms with Gasteiger partial charge >= 0.3 is 0 Å². The van der Waals surface area contributed by atoms with E-state index in [1.807, 2.05) is 38.1 Å². The number of amides is 1. The van der Waals surface area contributed by atoms with Crippen LogP contribution in [-0.2, 0) is 0 Å². The number of carbonyl (C=O) groups excluding carboxylic acids is 1. The van der Waals surface area contributed by atoms with E-state index in [9.17, 15) is 4.79 Å². The third-order valence-corrected chi connectivity index (χ3v) is 4.32. The van der Waals surface area contributed by atoms with Gasteiger partial charge in [0.15, 0.2) is 0 Å². The van der Waals surface area contributed by atoms with Gasteiger partial charge < -0.3 is 10.2 Å². The summed E-state index contributed by atoms with van der Waals surface area (Å²) in [4.78, 5) is 19.4. The lowest BCUT2D eigenvalue weighted by molar-refractivity contribution is 0.102. The number of piperidine rings is 1. The molecule has 0 aliphatic carbocycles. The molecule has 1 saturated heterocycles. The number of aryl methyl sites for hydroxylation is 2. The summed E-state index contributed by atoms with van der Waals surface area (Å²) < 4.78 is 0.